The summed E-state index contributed by atoms with van der Waals surface area (Å²) in [5, 5.41) is 22.3. The minimum Gasteiger partial charge on any atom is -0.391 e. The van der Waals surface area contributed by atoms with Crippen LogP contribution in [0.1, 0.15) is 150 Å². The van der Waals surface area contributed by atoms with Crippen molar-refractivity contribution in [3.8, 4) is 0 Å². The van der Waals surface area contributed by atoms with Gasteiger partial charge in [0.2, 0.25) is 77.3 Å². The number of nitrogens with zero attached hydrogens (tertiary/aromatic N) is 8. The molecule has 12 amide bonds. The predicted molar refractivity (Wildman–Crippen MR) is 386 cm³/mol. The van der Waals surface area contributed by atoms with Crippen molar-refractivity contribution in [2.45, 2.75) is 219 Å². The number of hydrogen-bond donors (Lipinski definition) is 5. The number of unbranched alkanes of at least 4 members (excludes halogenated alkanes) is 1. The first kappa shape index (κ1) is 87.3. The van der Waals surface area contributed by atoms with Gasteiger partial charge in [-0.15, -0.1) is 0 Å². The molecule has 2 aliphatic heterocycles. The van der Waals surface area contributed by atoms with Gasteiger partial charge in [-0.05, 0) is 99.5 Å². The number of benzene rings is 2. The van der Waals surface area contributed by atoms with E-state index in [1.165, 1.54) is 66.1 Å². The van der Waals surface area contributed by atoms with Gasteiger partial charge in [-0.25, -0.2) is 8.78 Å². The number of piperidine rings is 1. The van der Waals surface area contributed by atoms with Crippen LogP contribution in [-0.2, 0) is 75.1 Å². The normalized spacial score (nSPS) is 24.0. The van der Waals surface area contributed by atoms with Crippen LogP contribution in [0.5, 0.6) is 0 Å². The first-order valence-corrected chi connectivity index (χ1v) is 36.4. The Hall–Kier alpha value is -8.14. The second-order valence-electron chi connectivity index (χ2n) is 29.6. The summed E-state index contributed by atoms with van der Waals surface area (Å²) >= 11 is 0. The summed E-state index contributed by atoms with van der Waals surface area (Å²) in [4.78, 5) is 188. The minimum atomic E-state index is -2.68. The van der Waals surface area contributed by atoms with Crippen LogP contribution in [0.4, 0.5) is 8.78 Å². The molecule has 26 nitrogen and oxygen atoms in total. The highest BCUT2D eigenvalue weighted by molar-refractivity contribution is 6.00. The molecule has 0 aliphatic carbocycles. The molecule has 0 saturated carbocycles. The number of likely N-dealkylation sites (tertiary alicyclic amines) is 1. The van der Waals surface area contributed by atoms with Gasteiger partial charge >= 0.3 is 0 Å². The van der Waals surface area contributed by atoms with Gasteiger partial charge in [0.05, 0.1) is 32.2 Å². The first-order valence-electron chi connectivity index (χ1n) is 36.4. The number of carbonyl (C=O) groups excluding carboxylic acids is 12. The molecule has 2 fully saturated rings. The molecule has 28 heteroatoms. The molecule has 103 heavy (non-hydrogen) atoms. The molecule has 2 heterocycles. The van der Waals surface area contributed by atoms with Crippen molar-refractivity contribution in [1.82, 2.24) is 60.5 Å². The maximum atomic E-state index is 15.3. The summed E-state index contributed by atoms with van der Waals surface area (Å²) in [6.45, 7) is 15.2. The van der Waals surface area contributed by atoms with Crippen molar-refractivity contribution in [2.75, 3.05) is 88.7 Å². The molecule has 576 valence electrons. The fourth-order valence-electron chi connectivity index (χ4n) is 12.6. The lowest BCUT2D eigenvalue weighted by atomic mass is 9.98. The minimum absolute atomic E-state index is 0.00303. The monoisotopic (exact) mass is 1450 g/mol. The van der Waals surface area contributed by atoms with Crippen molar-refractivity contribution in [3.05, 3.63) is 71.8 Å². The first-order chi connectivity index (χ1) is 48.4. The fourth-order valence-corrected chi connectivity index (χ4v) is 12.6. The Morgan fingerprint density at radius 1 is 0.485 bits per heavy atom. The zero-order valence-electron chi connectivity index (χ0n) is 63.7. The van der Waals surface area contributed by atoms with Crippen LogP contribution in [0.15, 0.2) is 60.7 Å². The van der Waals surface area contributed by atoms with E-state index in [4.69, 9.17) is 4.74 Å². The van der Waals surface area contributed by atoms with Crippen molar-refractivity contribution >= 4 is 70.9 Å². The number of hydrogen-bond acceptors (Lipinski definition) is 14. The molecule has 0 radical (unpaired) electrons. The van der Waals surface area contributed by atoms with E-state index in [1.54, 1.807) is 79.4 Å². The number of aliphatic hydroxyl groups excluding tert-OH is 1. The van der Waals surface area contributed by atoms with Crippen LogP contribution >= 0.6 is 0 Å². The topological polar surface area (TPSA) is 308 Å². The molecular formula is C75H118F2N12O14. The third kappa shape index (κ3) is 27.5. The fraction of sp³-hybridized carbons (Fsp3) is 0.680. The molecule has 10 atom stereocenters. The van der Waals surface area contributed by atoms with Crippen molar-refractivity contribution in [3.63, 3.8) is 0 Å². The summed E-state index contributed by atoms with van der Waals surface area (Å²) in [5.74, 6) is -10.1. The van der Waals surface area contributed by atoms with Gasteiger partial charge in [0.15, 0.2) is 0 Å². The van der Waals surface area contributed by atoms with E-state index >= 15 is 28.8 Å². The molecule has 4 rings (SSSR count). The number of halogens is 2. The van der Waals surface area contributed by atoms with E-state index in [0.29, 0.717) is 43.5 Å². The van der Waals surface area contributed by atoms with Crippen LogP contribution in [0, 0.1) is 23.7 Å². The number of aliphatic hydroxyl groups is 1. The van der Waals surface area contributed by atoms with Crippen LogP contribution in [0.2, 0.25) is 0 Å². The number of alkyl halides is 2. The van der Waals surface area contributed by atoms with Crippen LogP contribution < -0.4 is 21.3 Å². The van der Waals surface area contributed by atoms with E-state index in [0.717, 1.165) is 30.9 Å². The SMILES string of the molecule is CC(C)CCOC[C@@H]1NC(=O)[C@H](CC(C)C)N(C)C(=O)[C@H](Cc2ccccc2)N(C)C(=O)CN(C)C(=O)[C@H]([C@@H](C)O)NC(=O)[C@H](CC(C)C)N(C)C(=O)[C@H](CCCCC(F)F)NC(=O)[C@H](Cc2ccccc2)N(C)C(=O)CN(C)C(=O)C[C@@H](C(=O)N2CCCCC2)NC(=O)[C@H](CC(C)C)N(C)C1=O. The summed E-state index contributed by atoms with van der Waals surface area (Å²) < 4.78 is 33.3. The molecule has 2 aliphatic rings. The number of ether oxygens (including phenoxy) is 1. The van der Waals surface area contributed by atoms with Crippen molar-refractivity contribution in [2.24, 2.45) is 23.7 Å². The average Bonchev–Trinajstić information content (AvgIpc) is 0.811. The molecule has 5 N–H and O–H groups in total. The molecule has 0 spiro atoms. The zero-order valence-corrected chi connectivity index (χ0v) is 63.7. The summed E-state index contributed by atoms with van der Waals surface area (Å²) in [6, 6.07) is 4.41. The van der Waals surface area contributed by atoms with E-state index < -0.39 is 164 Å². The number of rotatable bonds is 22. The Morgan fingerprint density at radius 3 is 1.41 bits per heavy atom. The maximum absolute atomic E-state index is 15.3. The van der Waals surface area contributed by atoms with E-state index in [9.17, 15) is 42.7 Å². The Bertz CT molecular complexity index is 3120. The quantitative estimate of drug-likeness (QED) is 0.103. The van der Waals surface area contributed by atoms with E-state index in [1.807, 2.05) is 41.5 Å². The number of amides is 12. The van der Waals surface area contributed by atoms with Gasteiger partial charge < -0.3 is 70.3 Å². The van der Waals surface area contributed by atoms with Crippen molar-refractivity contribution in [1.29, 1.82) is 0 Å². The standard InChI is InChI=1S/C75H118F2N12O14/c1-47(2)34-37-103-46-56-72(99)87(15)57(38-48(3)4)67(94)79-55(73(100)89-35-26-19-27-36-89)43-63(91)82(10)44-64(92)84(12)60(41-52-28-20-17-21-29-52)69(96)78-54(32-24-25-33-62(76)77)71(98)86(14)59(40-50(7)8)70(97)81-66(51(9)90)75(102)83(11)45-65(93)85(13)61(42-53-30-22-18-23-31-53)74(101)88(16)58(39-49(5)6)68(95)80-56/h17-18,20-23,28-31,47-51,54-62,66,90H,19,24-27,32-46H2,1-16H3,(H,78,96)(H,79,94)(H,80,95)(H,81,97)/t51-,54+,55+,56+,57+,58+,59+,60+,61+,66+/m1/s1. The molecule has 0 unspecified atom stereocenters. The molecule has 0 bridgehead atoms. The smallest absolute Gasteiger partial charge is 0.248 e. The number of likely N-dealkylation sites (N-methyl/N-ethyl adjacent to an activating group) is 7. The van der Waals surface area contributed by atoms with Gasteiger partial charge in [0.1, 0.15) is 54.4 Å². The Balaban J connectivity index is 1.97. The summed E-state index contributed by atoms with van der Waals surface area (Å²) in [6.07, 6.45) is -3.17. The largest absolute Gasteiger partial charge is 0.391 e. The molecule has 2 saturated heterocycles. The van der Waals surface area contributed by atoms with Gasteiger partial charge in [0.25, 0.3) is 0 Å². The molecule has 2 aromatic carbocycles. The van der Waals surface area contributed by atoms with Gasteiger partial charge in [-0.1, -0.05) is 122 Å². The van der Waals surface area contributed by atoms with Gasteiger partial charge in [-0.2, -0.15) is 0 Å². The lowest BCUT2D eigenvalue weighted by molar-refractivity contribution is -0.151. The Labute approximate surface area is 608 Å². The number of carbonyl (C=O) groups is 12. The highest BCUT2D eigenvalue weighted by Crippen LogP contribution is 2.23. The zero-order chi connectivity index (χ0) is 77.1. The molecule has 2 aromatic rings. The Morgan fingerprint density at radius 2 is 0.922 bits per heavy atom. The van der Waals surface area contributed by atoms with Crippen LogP contribution in [0.25, 0.3) is 0 Å². The van der Waals surface area contributed by atoms with Gasteiger partial charge in [0, 0.05) is 88.3 Å². The van der Waals surface area contributed by atoms with E-state index in [2.05, 4.69) is 21.3 Å². The van der Waals surface area contributed by atoms with Gasteiger partial charge in [-0.3, -0.25) is 57.5 Å². The van der Waals surface area contributed by atoms with Crippen LogP contribution in [-0.4, -0.2) is 271 Å². The number of nitrogens with one attached hydrogen (secondary N) is 4. The molecular weight excluding hydrogens is 1330 g/mol. The average molecular weight is 1450 g/mol. The lowest BCUT2D eigenvalue weighted by Crippen LogP contribution is -2.61. The Kier molecular flexibility index (Phi) is 36.1. The van der Waals surface area contributed by atoms with E-state index in [-0.39, 0.29) is 88.3 Å². The predicted octanol–water partition coefficient (Wildman–Crippen LogP) is 4.29. The third-order valence-electron chi connectivity index (χ3n) is 19.1. The lowest BCUT2D eigenvalue weighted by Gasteiger charge is -2.37. The second-order valence-corrected chi connectivity index (χ2v) is 29.6. The molecule has 0 aromatic heterocycles. The highest BCUT2D eigenvalue weighted by atomic mass is 19.3. The van der Waals surface area contributed by atoms with Crippen molar-refractivity contribution < 1.29 is 76.2 Å². The third-order valence-corrected chi connectivity index (χ3v) is 19.1. The van der Waals surface area contributed by atoms with Crippen LogP contribution in [0.3, 0.4) is 0 Å². The summed E-state index contributed by atoms with van der Waals surface area (Å²) in [7, 11) is 9.37. The maximum Gasteiger partial charge on any atom is 0.248 e. The second kappa shape index (κ2) is 42.6. The summed E-state index contributed by atoms with van der Waals surface area (Å²) in [5.41, 5.74) is 1.20. The highest BCUT2D eigenvalue weighted by Gasteiger charge is 2.43.